The Bertz CT molecular complexity index is 689. The van der Waals surface area contributed by atoms with Crippen molar-refractivity contribution in [2.45, 2.75) is 24.9 Å². The van der Waals surface area contributed by atoms with Gasteiger partial charge in [0.15, 0.2) is 0 Å². The largest absolute Gasteiger partial charge is 0.363 e. The number of aromatic nitrogens is 3. The molecule has 116 valence electrons. The van der Waals surface area contributed by atoms with Crippen molar-refractivity contribution in [2.75, 3.05) is 13.6 Å². The van der Waals surface area contributed by atoms with Crippen LogP contribution in [0.5, 0.6) is 0 Å². The van der Waals surface area contributed by atoms with Gasteiger partial charge in [-0.25, -0.2) is 8.42 Å². The number of sulfonamides is 1. The summed E-state index contributed by atoms with van der Waals surface area (Å²) in [6.45, 7) is 3.76. The summed E-state index contributed by atoms with van der Waals surface area (Å²) in [5.41, 5.74) is 1.71. The highest BCUT2D eigenvalue weighted by Gasteiger charge is 2.22. The quantitative estimate of drug-likeness (QED) is 0.787. The lowest BCUT2D eigenvalue weighted by Gasteiger charge is -2.15. The van der Waals surface area contributed by atoms with Crippen LogP contribution in [0.4, 0.5) is 0 Å². The molecule has 0 amide bonds. The van der Waals surface area contributed by atoms with Crippen molar-refractivity contribution in [3.05, 3.63) is 35.9 Å². The van der Waals surface area contributed by atoms with Crippen molar-refractivity contribution in [1.29, 1.82) is 0 Å². The number of H-pyrrole nitrogens is 1. The molecule has 2 aromatic heterocycles. The van der Waals surface area contributed by atoms with E-state index in [4.69, 9.17) is 0 Å². The molecule has 0 aliphatic heterocycles. The van der Waals surface area contributed by atoms with Gasteiger partial charge >= 0.3 is 0 Å². The Morgan fingerprint density at radius 3 is 2.86 bits per heavy atom. The van der Waals surface area contributed by atoms with Gasteiger partial charge in [0, 0.05) is 50.8 Å². The van der Waals surface area contributed by atoms with Gasteiger partial charge in [-0.05, 0) is 12.6 Å². The van der Waals surface area contributed by atoms with Crippen molar-refractivity contribution in [2.24, 2.45) is 7.05 Å². The molecule has 0 radical (unpaired) electrons. The van der Waals surface area contributed by atoms with Crippen LogP contribution in [0.15, 0.2) is 29.6 Å². The molecule has 0 unspecified atom stereocenters. The van der Waals surface area contributed by atoms with Crippen molar-refractivity contribution >= 4 is 10.0 Å². The predicted molar refractivity (Wildman–Crippen MR) is 80.0 cm³/mol. The first-order valence-corrected chi connectivity index (χ1v) is 8.19. The Morgan fingerprint density at radius 2 is 2.24 bits per heavy atom. The number of nitrogens with zero attached hydrogens (tertiary/aromatic N) is 3. The lowest BCUT2D eigenvalue weighted by molar-refractivity contribution is 0.466. The highest BCUT2D eigenvalue weighted by molar-refractivity contribution is 7.89. The average molecular weight is 311 g/mol. The molecule has 8 heteroatoms. The van der Waals surface area contributed by atoms with Crippen LogP contribution in [0.1, 0.15) is 18.2 Å². The number of aromatic amines is 1. The lowest BCUT2D eigenvalue weighted by Crippen LogP contribution is -2.26. The fourth-order valence-corrected chi connectivity index (χ4v) is 3.18. The number of aryl methyl sites for hydroxylation is 1. The van der Waals surface area contributed by atoms with E-state index in [0.29, 0.717) is 13.1 Å². The fourth-order valence-electron chi connectivity index (χ4n) is 2.01. The Balaban J connectivity index is 2.11. The van der Waals surface area contributed by atoms with E-state index in [1.165, 1.54) is 10.5 Å². The molecule has 0 aliphatic carbocycles. The lowest BCUT2D eigenvalue weighted by atomic mass is 10.4. The first-order chi connectivity index (χ1) is 9.93. The van der Waals surface area contributed by atoms with Crippen LogP contribution in [-0.4, -0.2) is 41.1 Å². The van der Waals surface area contributed by atoms with Gasteiger partial charge in [0.2, 0.25) is 10.0 Å². The van der Waals surface area contributed by atoms with Crippen molar-refractivity contribution in [1.82, 2.24) is 24.4 Å². The highest BCUT2D eigenvalue weighted by atomic mass is 32.2. The summed E-state index contributed by atoms with van der Waals surface area (Å²) in [5, 5.41) is 7.19. The smallest absolute Gasteiger partial charge is 0.244 e. The van der Waals surface area contributed by atoms with Crippen LogP contribution < -0.4 is 5.32 Å². The molecule has 0 saturated carbocycles. The monoisotopic (exact) mass is 311 g/mol. The second-order valence-corrected chi connectivity index (χ2v) is 6.97. The van der Waals surface area contributed by atoms with Crippen molar-refractivity contribution < 1.29 is 8.42 Å². The minimum Gasteiger partial charge on any atom is -0.363 e. The molecule has 0 bridgehead atoms. The minimum absolute atomic E-state index is 0.279. The van der Waals surface area contributed by atoms with E-state index in [1.54, 1.807) is 37.2 Å². The van der Waals surface area contributed by atoms with Gasteiger partial charge in [0.05, 0.1) is 11.1 Å². The summed E-state index contributed by atoms with van der Waals surface area (Å²) < 4.78 is 28.0. The molecule has 0 fully saturated rings. The Labute approximate surface area is 125 Å². The summed E-state index contributed by atoms with van der Waals surface area (Å²) in [5.74, 6) is 0. The van der Waals surface area contributed by atoms with Gasteiger partial charge in [-0.1, -0.05) is 6.92 Å². The van der Waals surface area contributed by atoms with Gasteiger partial charge in [0.25, 0.3) is 0 Å². The van der Waals surface area contributed by atoms with E-state index in [0.717, 1.165) is 17.8 Å². The second-order valence-electron chi connectivity index (χ2n) is 4.92. The third-order valence-electron chi connectivity index (χ3n) is 3.15. The first kappa shape index (κ1) is 15.7. The van der Waals surface area contributed by atoms with Crippen LogP contribution in [0.2, 0.25) is 0 Å². The molecule has 0 atom stereocenters. The number of hydrogen-bond acceptors (Lipinski definition) is 4. The molecule has 0 aromatic carbocycles. The normalized spacial score (nSPS) is 12.2. The zero-order valence-corrected chi connectivity index (χ0v) is 13.3. The highest BCUT2D eigenvalue weighted by Crippen LogP contribution is 2.17. The summed E-state index contributed by atoms with van der Waals surface area (Å²) in [6.07, 6.45) is 5.00. The molecule has 2 N–H and O–H groups in total. The van der Waals surface area contributed by atoms with Gasteiger partial charge in [-0.15, -0.1) is 0 Å². The van der Waals surface area contributed by atoms with Crippen molar-refractivity contribution in [3.63, 3.8) is 0 Å². The van der Waals surface area contributed by atoms with E-state index in [9.17, 15) is 8.42 Å². The molecule has 21 heavy (non-hydrogen) atoms. The van der Waals surface area contributed by atoms with Crippen molar-refractivity contribution in [3.8, 4) is 0 Å². The molecular weight excluding hydrogens is 290 g/mol. The third-order valence-corrected chi connectivity index (χ3v) is 4.93. The Morgan fingerprint density at radius 1 is 1.48 bits per heavy atom. The summed E-state index contributed by atoms with van der Waals surface area (Å²) >= 11 is 0. The zero-order valence-electron chi connectivity index (χ0n) is 12.5. The fraction of sp³-hybridized carbons (Fsp3) is 0.462. The van der Waals surface area contributed by atoms with Crippen LogP contribution in [0.25, 0.3) is 0 Å². The van der Waals surface area contributed by atoms with Gasteiger partial charge in [0.1, 0.15) is 0 Å². The zero-order chi connectivity index (χ0) is 15.5. The minimum atomic E-state index is -3.49. The molecule has 7 nitrogen and oxygen atoms in total. The SMILES string of the molecule is CCNCc1cc(S(=O)(=O)N(C)Cc2cnn(C)c2)c[nH]1. The second kappa shape index (κ2) is 6.42. The van der Waals surface area contributed by atoms with E-state index in [1.807, 2.05) is 6.92 Å². The molecular formula is C13H21N5O2S. The van der Waals surface area contributed by atoms with E-state index < -0.39 is 10.0 Å². The first-order valence-electron chi connectivity index (χ1n) is 6.75. The summed E-state index contributed by atoms with van der Waals surface area (Å²) in [7, 11) is -0.123. The number of nitrogens with one attached hydrogen (secondary N) is 2. The maximum atomic E-state index is 12.5. The standard InChI is InChI=1S/C13H21N5O2S/c1-4-14-7-12-5-13(8-15-12)21(19,20)18(3)10-11-6-16-17(2)9-11/h5-6,8-9,14-15H,4,7,10H2,1-3H3. The van der Waals surface area contributed by atoms with E-state index >= 15 is 0 Å². The molecule has 0 saturated heterocycles. The summed E-state index contributed by atoms with van der Waals surface area (Å²) in [4.78, 5) is 3.26. The molecule has 0 aliphatic rings. The summed E-state index contributed by atoms with van der Waals surface area (Å²) in [6, 6.07) is 1.66. The Hall–Kier alpha value is -1.64. The molecule has 2 rings (SSSR count). The van der Waals surface area contributed by atoms with Gasteiger partial charge < -0.3 is 10.3 Å². The number of hydrogen-bond donors (Lipinski definition) is 2. The maximum absolute atomic E-state index is 12.5. The maximum Gasteiger partial charge on any atom is 0.244 e. The van der Waals surface area contributed by atoms with Crippen LogP contribution in [-0.2, 0) is 30.2 Å². The van der Waals surface area contributed by atoms with Gasteiger partial charge in [-0.2, -0.15) is 9.40 Å². The molecule has 2 heterocycles. The van der Waals surface area contributed by atoms with Crippen LogP contribution >= 0.6 is 0 Å². The molecule has 0 spiro atoms. The topological polar surface area (TPSA) is 83.0 Å². The van der Waals surface area contributed by atoms with E-state index in [-0.39, 0.29) is 4.90 Å². The third kappa shape index (κ3) is 3.72. The van der Waals surface area contributed by atoms with Gasteiger partial charge in [-0.3, -0.25) is 4.68 Å². The number of rotatable bonds is 7. The molecule has 2 aromatic rings. The predicted octanol–water partition coefficient (Wildman–Crippen LogP) is 0.678. The van der Waals surface area contributed by atoms with Crippen LogP contribution in [0.3, 0.4) is 0 Å². The Kier molecular flexibility index (Phi) is 4.81. The van der Waals surface area contributed by atoms with E-state index in [2.05, 4.69) is 15.4 Å². The average Bonchev–Trinajstić information content (AvgIpc) is 3.06. The van der Waals surface area contributed by atoms with Crippen LogP contribution in [0, 0.1) is 0 Å².